The molecule has 2 N–H and O–H groups in total. The number of alkyl carbamates (subject to hydrolysis) is 1. The second-order valence-electron chi connectivity index (χ2n) is 7.26. The number of rotatable bonds is 3. The second kappa shape index (κ2) is 7.73. The van der Waals surface area contributed by atoms with E-state index >= 15 is 0 Å². The Balaban J connectivity index is 1.73. The van der Waals surface area contributed by atoms with Crippen LogP contribution >= 0.6 is 11.8 Å². The number of carbonyl (C=O) groups excluding carboxylic acids is 1. The first-order valence-corrected chi connectivity index (χ1v) is 9.41. The summed E-state index contributed by atoms with van der Waals surface area (Å²) in [5.41, 5.74) is -0.420. The van der Waals surface area contributed by atoms with Crippen LogP contribution in [0.25, 0.3) is 0 Å². The van der Waals surface area contributed by atoms with E-state index in [1.54, 1.807) is 0 Å². The van der Waals surface area contributed by atoms with Crippen LogP contribution < -0.4 is 10.6 Å². The normalized spacial score (nSPS) is 28.1. The molecule has 2 aliphatic rings. The maximum atomic E-state index is 11.9. The molecule has 1 saturated carbocycles. The smallest absolute Gasteiger partial charge is 0.407 e. The van der Waals surface area contributed by atoms with Gasteiger partial charge in [-0.05, 0) is 70.8 Å². The molecule has 5 heteroatoms. The van der Waals surface area contributed by atoms with Gasteiger partial charge < -0.3 is 15.4 Å². The summed E-state index contributed by atoms with van der Waals surface area (Å²) in [5.74, 6) is 2.56. The van der Waals surface area contributed by atoms with Crippen molar-refractivity contribution >= 4 is 17.9 Å². The van der Waals surface area contributed by atoms with Crippen molar-refractivity contribution in [1.29, 1.82) is 0 Å². The molecule has 122 valence electrons. The highest BCUT2D eigenvalue weighted by atomic mass is 32.2. The molecule has 2 atom stereocenters. The number of ether oxygens (including phenoxy) is 1. The maximum absolute atomic E-state index is 11.9. The predicted octanol–water partition coefficient (Wildman–Crippen LogP) is 3.31. The van der Waals surface area contributed by atoms with Crippen molar-refractivity contribution < 1.29 is 9.53 Å². The summed E-state index contributed by atoms with van der Waals surface area (Å²) >= 11 is 2.06. The minimum absolute atomic E-state index is 0.254. The van der Waals surface area contributed by atoms with Gasteiger partial charge in [-0.1, -0.05) is 0 Å². The lowest BCUT2D eigenvalue weighted by Crippen LogP contribution is -2.48. The Morgan fingerprint density at radius 1 is 1.05 bits per heavy atom. The maximum Gasteiger partial charge on any atom is 0.407 e. The Kier molecular flexibility index (Phi) is 6.23. The van der Waals surface area contributed by atoms with E-state index in [1.807, 2.05) is 20.8 Å². The van der Waals surface area contributed by atoms with Crippen LogP contribution in [0.5, 0.6) is 0 Å². The highest BCUT2D eigenvalue weighted by Crippen LogP contribution is 2.23. The summed E-state index contributed by atoms with van der Waals surface area (Å²) in [6, 6.07) is 1.48. The van der Waals surface area contributed by atoms with E-state index in [0.29, 0.717) is 12.1 Å². The lowest BCUT2D eigenvalue weighted by Gasteiger charge is -2.34. The minimum atomic E-state index is -0.420. The Labute approximate surface area is 133 Å². The molecule has 0 aromatic rings. The fourth-order valence-electron chi connectivity index (χ4n) is 3.14. The quantitative estimate of drug-likeness (QED) is 0.839. The van der Waals surface area contributed by atoms with Crippen molar-refractivity contribution in [2.24, 2.45) is 0 Å². The van der Waals surface area contributed by atoms with Crippen LogP contribution in [-0.2, 0) is 4.74 Å². The topological polar surface area (TPSA) is 50.4 Å². The third-order valence-corrected chi connectivity index (χ3v) is 5.14. The van der Waals surface area contributed by atoms with Crippen LogP contribution in [0.3, 0.4) is 0 Å². The van der Waals surface area contributed by atoms with E-state index in [9.17, 15) is 4.79 Å². The van der Waals surface area contributed by atoms with Crippen molar-refractivity contribution in [3.05, 3.63) is 0 Å². The SMILES string of the molecule is CC(C)(C)OC(=O)N[C@@H]1CCC[C@@H](NC2CCSCC2)C1. The highest BCUT2D eigenvalue weighted by Gasteiger charge is 2.27. The second-order valence-corrected chi connectivity index (χ2v) is 8.48. The lowest BCUT2D eigenvalue weighted by molar-refractivity contribution is 0.0488. The first-order chi connectivity index (χ1) is 9.92. The standard InChI is InChI=1S/C16H30N2O2S/c1-16(2,3)20-15(19)18-14-6-4-5-13(11-14)17-12-7-9-21-10-8-12/h12-14,17H,4-11H2,1-3H3,(H,18,19)/t13-,14-/m1/s1. The van der Waals surface area contributed by atoms with E-state index in [-0.39, 0.29) is 12.1 Å². The third-order valence-electron chi connectivity index (χ3n) is 4.09. The van der Waals surface area contributed by atoms with Crippen LogP contribution in [0.2, 0.25) is 0 Å². The zero-order chi connectivity index (χ0) is 15.3. The summed E-state index contributed by atoms with van der Waals surface area (Å²) in [6.45, 7) is 5.71. The monoisotopic (exact) mass is 314 g/mol. The van der Waals surface area contributed by atoms with Crippen molar-refractivity contribution in [2.75, 3.05) is 11.5 Å². The number of amides is 1. The Morgan fingerprint density at radius 3 is 2.38 bits per heavy atom. The molecule has 0 aromatic heterocycles. The van der Waals surface area contributed by atoms with Crippen LogP contribution in [0.15, 0.2) is 0 Å². The predicted molar refractivity (Wildman–Crippen MR) is 88.9 cm³/mol. The largest absolute Gasteiger partial charge is 0.444 e. The van der Waals surface area contributed by atoms with Crippen LogP contribution in [0.1, 0.15) is 59.3 Å². The highest BCUT2D eigenvalue weighted by molar-refractivity contribution is 7.99. The molecule has 0 unspecified atom stereocenters. The Bertz CT molecular complexity index is 338. The van der Waals surface area contributed by atoms with Crippen LogP contribution in [-0.4, -0.2) is 41.3 Å². The Morgan fingerprint density at radius 2 is 1.71 bits per heavy atom. The Hall–Kier alpha value is -0.420. The van der Waals surface area contributed by atoms with Gasteiger partial charge in [0.1, 0.15) is 5.60 Å². The third kappa shape index (κ3) is 6.47. The molecule has 1 aliphatic heterocycles. The van der Waals surface area contributed by atoms with Gasteiger partial charge in [-0.25, -0.2) is 4.79 Å². The molecule has 21 heavy (non-hydrogen) atoms. The first kappa shape index (κ1) is 16.9. The molecule has 1 heterocycles. The molecule has 4 nitrogen and oxygen atoms in total. The van der Waals surface area contributed by atoms with Gasteiger partial charge in [-0.15, -0.1) is 0 Å². The van der Waals surface area contributed by atoms with Crippen molar-refractivity contribution in [3.63, 3.8) is 0 Å². The lowest BCUT2D eigenvalue weighted by atomic mass is 9.90. The molecule has 1 saturated heterocycles. The summed E-state index contributed by atoms with van der Waals surface area (Å²) in [7, 11) is 0. The fraction of sp³-hybridized carbons (Fsp3) is 0.938. The molecule has 0 bridgehead atoms. The van der Waals surface area contributed by atoms with Gasteiger partial charge in [-0.3, -0.25) is 0 Å². The number of nitrogens with one attached hydrogen (secondary N) is 2. The first-order valence-electron chi connectivity index (χ1n) is 8.26. The fourth-order valence-corrected chi connectivity index (χ4v) is 4.25. The zero-order valence-corrected chi connectivity index (χ0v) is 14.4. The summed E-state index contributed by atoms with van der Waals surface area (Å²) in [4.78, 5) is 11.9. The summed E-state index contributed by atoms with van der Waals surface area (Å²) in [5, 5.41) is 6.84. The number of thioether (sulfide) groups is 1. The van der Waals surface area contributed by atoms with Gasteiger partial charge in [0.05, 0.1) is 0 Å². The van der Waals surface area contributed by atoms with E-state index < -0.39 is 5.60 Å². The molecule has 2 rings (SSSR count). The van der Waals surface area contributed by atoms with Gasteiger partial charge in [-0.2, -0.15) is 11.8 Å². The molecule has 1 aliphatic carbocycles. The van der Waals surface area contributed by atoms with Crippen molar-refractivity contribution in [1.82, 2.24) is 10.6 Å². The van der Waals surface area contributed by atoms with Crippen LogP contribution in [0, 0.1) is 0 Å². The molecule has 0 spiro atoms. The molecule has 0 aromatic carbocycles. The van der Waals surface area contributed by atoms with E-state index in [2.05, 4.69) is 22.4 Å². The molecule has 2 fully saturated rings. The number of hydrogen-bond donors (Lipinski definition) is 2. The summed E-state index contributed by atoms with van der Waals surface area (Å²) < 4.78 is 5.35. The number of carbonyl (C=O) groups is 1. The van der Waals surface area contributed by atoms with Crippen LogP contribution in [0.4, 0.5) is 4.79 Å². The molecular formula is C16H30N2O2S. The van der Waals surface area contributed by atoms with E-state index in [0.717, 1.165) is 12.8 Å². The van der Waals surface area contributed by atoms with Gasteiger partial charge >= 0.3 is 6.09 Å². The van der Waals surface area contributed by atoms with Gasteiger partial charge in [0, 0.05) is 18.1 Å². The summed E-state index contributed by atoms with van der Waals surface area (Å²) in [6.07, 6.45) is 6.80. The minimum Gasteiger partial charge on any atom is -0.444 e. The van der Waals surface area contributed by atoms with Gasteiger partial charge in [0.15, 0.2) is 0 Å². The van der Waals surface area contributed by atoms with Crippen molar-refractivity contribution in [2.45, 2.75) is 83.0 Å². The van der Waals surface area contributed by atoms with E-state index in [1.165, 1.54) is 37.2 Å². The molecular weight excluding hydrogens is 284 g/mol. The molecule has 0 radical (unpaired) electrons. The average molecular weight is 314 g/mol. The van der Waals surface area contributed by atoms with Gasteiger partial charge in [0.2, 0.25) is 0 Å². The average Bonchev–Trinajstić information content (AvgIpc) is 2.38. The number of hydrogen-bond acceptors (Lipinski definition) is 4. The van der Waals surface area contributed by atoms with Gasteiger partial charge in [0.25, 0.3) is 0 Å². The zero-order valence-electron chi connectivity index (χ0n) is 13.6. The van der Waals surface area contributed by atoms with E-state index in [4.69, 9.17) is 4.74 Å². The molecule has 1 amide bonds. The van der Waals surface area contributed by atoms with Crippen molar-refractivity contribution in [3.8, 4) is 0 Å².